The molecule has 1 fully saturated rings. The van der Waals surface area contributed by atoms with Gasteiger partial charge in [0.1, 0.15) is 0 Å². The van der Waals surface area contributed by atoms with Crippen molar-refractivity contribution in [2.24, 2.45) is 17.1 Å². The van der Waals surface area contributed by atoms with Crippen molar-refractivity contribution in [3.63, 3.8) is 0 Å². The van der Waals surface area contributed by atoms with Crippen LogP contribution in [0.5, 0.6) is 0 Å². The topological polar surface area (TPSA) is 63.3 Å². The van der Waals surface area contributed by atoms with Crippen LogP contribution in [0, 0.1) is 11.3 Å². The maximum atomic E-state index is 10.7. The number of aliphatic carboxylic acids is 1. The third-order valence-corrected chi connectivity index (χ3v) is 3.79. The standard InChI is InChI=1S/C10H19NO2/c1-7-4-5-9(2,3)10(7,11)6-8(12)13/h7H,4-6,11H2,1-3H3,(H,12,13). The van der Waals surface area contributed by atoms with Crippen LogP contribution in [-0.4, -0.2) is 16.6 Å². The van der Waals surface area contributed by atoms with Crippen LogP contribution in [0.25, 0.3) is 0 Å². The Kier molecular flexibility index (Phi) is 2.41. The van der Waals surface area contributed by atoms with Crippen LogP contribution < -0.4 is 5.73 Å². The zero-order valence-electron chi connectivity index (χ0n) is 8.63. The maximum absolute atomic E-state index is 10.7. The molecule has 0 heterocycles. The van der Waals surface area contributed by atoms with Gasteiger partial charge in [-0.05, 0) is 24.2 Å². The summed E-state index contributed by atoms with van der Waals surface area (Å²) in [7, 11) is 0. The summed E-state index contributed by atoms with van der Waals surface area (Å²) in [5.41, 5.74) is 5.62. The molecule has 1 aliphatic carbocycles. The zero-order chi connectivity index (χ0) is 10.3. The number of carboxylic acid groups (broad SMARTS) is 1. The van der Waals surface area contributed by atoms with E-state index in [1.807, 2.05) is 0 Å². The second-order valence-electron chi connectivity index (χ2n) is 4.93. The van der Waals surface area contributed by atoms with Gasteiger partial charge in [0, 0.05) is 5.54 Å². The summed E-state index contributed by atoms with van der Waals surface area (Å²) in [6, 6.07) is 0. The highest BCUT2D eigenvalue weighted by Gasteiger charge is 2.51. The average Bonchev–Trinajstić information content (AvgIpc) is 2.13. The Balaban J connectivity index is 2.89. The van der Waals surface area contributed by atoms with Crippen molar-refractivity contribution in [1.82, 2.24) is 0 Å². The van der Waals surface area contributed by atoms with Crippen molar-refractivity contribution in [3.8, 4) is 0 Å². The first-order valence-corrected chi connectivity index (χ1v) is 4.80. The molecule has 0 aromatic rings. The quantitative estimate of drug-likeness (QED) is 0.687. The molecule has 0 bridgehead atoms. The zero-order valence-corrected chi connectivity index (χ0v) is 8.63. The van der Waals surface area contributed by atoms with E-state index in [1.54, 1.807) is 0 Å². The van der Waals surface area contributed by atoms with E-state index >= 15 is 0 Å². The molecular formula is C10H19NO2. The highest BCUT2D eigenvalue weighted by atomic mass is 16.4. The van der Waals surface area contributed by atoms with Gasteiger partial charge in [0.05, 0.1) is 6.42 Å². The van der Waals surface area contributed by atoms with E-state index in [4.69, 9.17) is 10.8 Å². The lowest BCUT2D eigenvalue weighted by Crippen LogP contribution is -2.54. The molecule has 0 saturated heterocycles. The fourth-order valence-corrected chi connectivity index (χ4v) is 2.40. The SMILES string of the molecule is CC1CCC(C)(C)C1(N)CC(=O)O. The molecule has 0 amide bonds. The van der Waals surface area contributed by atoms with Crippen molar-refractivity contribution in [1.29, 1.82) is 0 Å². The van der Waals surface area contributed by atoms with Gasteiger partial charge < -0.3 is 10.8 Å². The minimum Gasteiger partial charge on any atom is -0.481 e. The molecule has 0 aliphatic heterocycles. The van der Waals surface area contributed by atoms with Gasteiger partial charge in [0.15, 0.2) is 0 Å². The molecule has 1 aliphatic rings. The number of carboxylic acids is 1. The highest BCUT2D eigenvalue weighted by Crippen LogP contribution is 2.49. The van der Waals surface area contributed by atoms with Crippen LogP contribution >= 0.6 is 0 Å². The van der Waals surface area contributed by atoms with Crippen molar-refractivity contribution in [2.75, 3.05) is 0 Å². The summed E-state index contributed by atoms with van der Waals surface area (Å²) in [6.45, 7) is 6.19. The minimum atomic E-state index is -0.788. The molecule has 2 unspecified atom stereocenters. The van der Waals surface area contributed by atoms with Gasteiger partial charge in [-0.2, -0.15) is 0 Å². The molecule has 1 saturated carbocycles. The van der Waals surface area contributed by atoms with E-state index in [2.05, 4.69) is 20.8 Å². The summed E-state index contributed by atoms with van der Waals surface area (Å²) < 4.78 is 0. The molecule has 1 rings (SSSR count). The lowest BCUT2D eigenvalue weighted by molar-refractivity contribution is -0.139. The molecule has 0 radical (unpaired) electrons. The first-order chi connectivity index (χ1) is 5.79. The first kappa shape index (κ1) is 10.5. The molecular weight excluding hydrogens is 166 g/mol. The van der Waals surface area contributed by atoms with Gasteiger partial charge in [-0.25, -0.2) is 0 Å². The molecule has 0 spiro atoms. The van der Waals surface area contributed by atoms with E-state index < -0.39 is 11.5 Å². The molecule has 13 heavy (non-hydrogen) atoms. The number of hydrogen-bond acceptors (Lipinski definition) is 2. The van der Waals surface area contributed by atoms with E-state index in [9.17, 15) is 4.79 Å². The van der Waals surface area contributed by atoms with Crippen LogP contribution in [0.1, 0.15) is 40.0 Å². The highest BCUT2D eigenvalue weighted by molar-refractivity contribution is 5.68. The summed E-state index contributed by atoms with van der Waals surface area (Å²) >= 11 is 0. The fraction of sp³-hybridized carbons (Fsp3) is 0.900. The number of rotatable bonds is 2. The lowest BCUT2D eigenvalue weighted by atomic mass is 9.70. The predicted octanol–water partition coefficient (Wildman–Crippen LogP) is 1.61. The van der Waals surface area contributed by atoms with Crippen LogP contribution in [-0.2, 0) is 4.79 Å². The maximum Gasteiger partial charge on any atom is 0.305 e. The summed E-state index contributed by atoms with van der Waals surface area (Å²) in [5, 5.41) is 8.81. The van der Waals surface area contributed by atoms with Gasteiger partial charge in [0.2, 0.25) is 0 Å². The van der Waals surface area contributed by atoms with Gasteiger partial charge in [-0.3, -0.25) is 4.79 Å². The Morgan fingerprint density at radius 3 is 2.46 bits per heavy atom. The minimum absolute atomic E-state index is 0.0508. The van der Waals surface area contributed by atoms with E-state index in [-0.39, 0.29) is 11.8 Å². The normalized spacial score (nSPS) is 37.7. The molecule has 0 aromatic carbocycles. The summed E-state index contributed by atoms with van der Waals surface area (Å²) in [4.78, 5) is 10.7. The van der Waals surface area contributed by atoms with E-state index in [0.717, 1.165) is 12.8 Å². The Morgan fingerprint density at radius 1 is 1.62 bits per heavy atom. The first-order valence-electron chi connectivity index (χ1n) is 4.80. The molecule has 2 atom stereocenters. The van der Waals surface area contributed by atoms with Crippen LogP contribution in [0.15, 0.2) is 0 Å². The third-order valence-electron chi connectivity index (χ3n) is 3.79. The average molecular weight is 185 g/mol. The largest absolute Gasteiger partial charge is 0.481 e. The predicted molar refractivity (Wildman–Crippen MR) is 51.4 cm³/mol. The van der Waals surface area contributed by atoms with Crippen molar-refractivity contribution < 1.29 is 9.90 Å². The Bertz CT molecular complexity index is 225. The van der Waals surface area contributed by atoms with Gasteiger partial charge >= 0.3 is 5.97 Å². The second kappa shape index (κ2) is 2.98. The molecule has 76 valence electrons. The molecule has 3 nitrogen and oxygen atoms in total. The smallest absolute Gasteiger partial charge is 0.305 e. The van der Waals surface area contributed by atoms with Crippen LogP contribution in [0.4, 0.5) is 0 Å². The molecule has 0 aromatic heterocycles. The van der Waals surface area contributed by atoms with Crippen LogP contribution in [0.2, 0.25) is 0 Å². The summed E-state index contributed by atoms with van der Waals surface area (Å²) in [6.07, 6.45) is 2.15. The van der Waals surface area contributed by atoms with Gasteiger partial charge in [0.25, 0.3) is 0 Å². The Labute approximate surface area is 79.3 Å². The second-order valence-corrected chi connectivity index (χ2v) is 4.93. The van der Waals surface area contributed by atoms with Gasteiger partial charge in [-0.1, -0.05) is 20.8 Å². The fourth-order valence-electron chi connectivity index (χ4n) is 2.40. The Hall–Kier alpha value is -0.570. The Morgan fingerprint density at radius 2 is 2.15 bits per heavy atom. The van der Waals surface area contributed by atoms with Crippen LogP contribution in [0.3, 0.4) is 0 Å². The van der Waals surface area contributed by atoms with E-state index in [0.29, 0.717) is 5.92 Å². The van der Waals surface area contributed by atoms with Crippen molar-refractivity contribution >= 4 is 5.97 Å². The van der Waals surface area contributed by atoms with E-state index in [1.165, 1.54) is 0 Å². The van der Waals surface area contributed by atoms with Crippen molar-refractivity contribution in [3.05, 3.63) is 0 Å². The number of carbonyl (C=O) groups is 1. The molecule has 3 heteroatoms. The monoisotopic (exact) mass is 185 g/mol. The van der Waals surface area contributed by atoms with Gasteiger partial charge in [-0.15, -0.1) is 0 Å². The van der Waals surface area contributed by atoms with Crippen molar-refractivity contribution in [2.45, 2.75) is 45.6 Å². The lowest BCUT2D eigenvalue weighted by Gasteiger charge is -2.40. The summed E-state index contributed by atoms with van der Waals surface area (Å²) in [5.74, 6) is -0.483. The third kappa shape index (κ3) is 1.57. The number of nitrogens with two attached hydrogens (primary N) is 1. The number of hydrogen-bond donors (Lipinski definition) is 2. The molecule has 3 N–H and O–H groups in total.